The van der Waals surface area contributed by atoms with Crippen molar-refractivity contribution in [1.29, 1.82) is 10.5 Å². The quantitative estimate of drug-likeness (QED) is 0.603. The maximum Gasteiger partial charge on any atom is 0.104 e. The first-order chi connectivity index (χ1) is 5.72. The van der Waals surface area contributed by atoms with Crippen molar-refractivity contribution in [3.8, 4) is 12.1 Å². The van der Waals surface area contributed by atoms with Crippen LogP contribution in [0.3, 0.4) is 0 Å². The second-order valence-corrected chi connectivity index (χ2v) is 2.48. The van der Waals surface area contributed by atoms with Crippen LogP contribution in [0.4, 0.5) is 0 Å². The topological polar surface area (TPSA) is 71.0 Å². The molecule has 0 amide bonds. The van der Waals surface area contributed by atoms with Crippen molar-refractivity contribution in [2.45, 2.75) is 26.0 Å². The molecule has 0 fully saturated rings. The van der Waals surface area contributed by atoms with Gasteiger partial charge in [-0.1, -0.05) is 0 Å². The molecule has 0 aliphatic heterocycles. The summed E-state index contributed by atoms with van der Waals surface area (Å²) in [6.07, 6.45) is 0.193. The lowest BCUT2D eigenvalue weighted by molar-refractivity contribution is 0.0217. The van der Waals surface area contributed by atoms with Crippen LogP contribution in [0.15, 0.2) is 0 Å². The molecule has 0 saturated heterocycles. The molecule has 0 aromatic rings. The summed E-state index contributed by atoms with van der Waals surface area (Å²) in [4.78, 5) is 1.70. The zero-order valence-electron chi connectivity index (χ0n) is 7.19. The number of nitriles is 2. The van der Waals surface area contributed by atoms with Crippen LogP contribution in [0.5, 0.6) is 0 Å². The van der Waals surface area contributed by atoms with Crippen LogP contribution < -0.4 is 0 Å². The van der Waals surface area contributed by atoms with E-state index in [1.807, 2.05) is 12.1 Å². The highest BCUT2D eigenvalue weighted by Gasteiger charge is 2.08. The highest BCUT2D eigenvalue weighted by atomic mass is 16.3. The number of hydrogen-bond acceptors (Lipinski definition) is 4. The van der Waals surface area contributed by atoms with E-state index in [-0.39, 0.29) is 0 Å². The lowest BCUT2D eigenvalue weighted by Gasteiger charge is -2.22. The van der Waals surface area contributed by atoms with Crippen molar-refractivity contribution in [3.63, 3.8) is 0 Å². The van der Waals surface area contributed by atoms with Crippen LogP contribution >= 0.6 is 0 Å². The fourth-order valence-electron chi connectivity index (χ4n) is 0.873. The molecule has 1 N–H and O–H groups in total. The van der Waals surface area contributed by atoms with Crippen molar-refractivity contribution >= 4 is 0 Å². The third-order valence-electron chi connectivity index (χ3n) is 1.55. The molecule has 0 spiro atoms. The van der Waals surface area contributed by atoms with Crippen molar-refractivity contribution < 1.29 is 5.11 Å². The van der Waals surface area contributed by atoms with E-state index in [1.54, 1.807) is 11.8 Å². The number of nitrogens with zero attached hydrogens (tertiary/aromatic N) is 3. The second-order valence-electron chi connectivity index (χ2n) is 2.48. The van der Waals surface area contributed by atoms with Gasteiger partial charge in [-0.2, -0.15) is 10.5 Å². The van der Waals surface area contributed by atoms with Crippen LogP contribution in [0.2, 0.25) is 0 Å². The van der Waals surface area contributed by atoms with E-state index < -0.39 is 6.23 Å². The standard InChI is InChI=1S/C8H13N3O/c1-8(12)11(6-2-4-9)7-3-5-10/h8,12H,2-3,6-7H2,1H3. The molecular formula is C8H13N3O. The van der Waals surface area contributed by atoms with Gasteiger partial charge in [-0.15, -0.1) is 0 Å². The Bertz CT molecular complexity index is 171. The molecule has 4 nitrogen and oxygen atoms in total. The molecular weight excluding hydrogens is 154 g/mol. The molecule has 12 heavy (non-hydrogen) atoms. The zero-order chi connectivity index (χ0) is 9.40. The summed E-state index contributed by atoms with van der Waals surface area (Å²) in [7, 11) is 0. The highest BCUT2D eigenvalue weighted by Crippen LogP contribution is 1.98. The van der Waals surface area contributed by atoms with Crippen LogP contribution in [-0.4, -0.2) is 29.3 Å². The Kier molecular flexibility index (Phi) is 6.00. The normalized spacial score (nSPS) is 12.1. The average molecular weight is 167 g/mol. The van der Waals surface area contributed by atoms with Gasteiger partial charge < -0.3 is 5.11 Å². The van der Waals surface area contributed by atoms with Gasteiger partial charge in [0.1, 0.15) is 6.23 Å². The molecule has 0 aliphatic rings. The van der Waals surface area contributed by atoms with E-state index in [0.717, 1.165) is 0 Å². The lowest BCUT2D eigenvalue weighted by Crippen LogP contribution is -2.34. The molecule has 0 heterocycles. The second kappa shape index (κ2) is 6.60. The SMILES string of the molecule is CC(O)N(CCC#N)CCC#N. The number of hydrogen-bond donors (Lipinski definition) is 1. The Hall–Kier alpha value is -1.10. The van der Waals surface area contributed by atoms with Gasteiger partial charge >= 0.3 is 0 Å². The summed E-state index contributed by atoms with van der Waals surface area (Å²) in [5.41, 5.74) is 0. The van der Waals surface area contributed by atoms with Crippen LogP contribution in [0.25, 0.3) is 0 Å². The number of aliphatic hydroxyl groups excluding tert-OH is 1. The first-order valence-corrected chi connectivity index (χ1v) is 3.88. The first-order valence-electron chi connectivity index (χ1n) is 3.88. The van der Waals surface area contributed by atoms with Crippen LogP contribution in [-0.2, 0) is 0 Å². The third kappa shape index (κ3) is 4.68. The minimum Gasteiger partial charge on any atom is -0.379 e. The van der Waals surface area contributed by atoms with Gasteiger partial charge in [0.25, 0.3) is 0 Å². The summed E-state index contributed by atoms with van der Waals surface area (Å²) in [6.45, 7) is 2.68. The molecule has 66 valence electrons. The van der Waals surface area contributed by atoms with Gasteiger partial charge in [-0.25, -0.2) is 0 Å². The van der Waals surface area contributed by atoms with Crippen molar-refractivity contribution in [2.24, 2.45) is 0 Å². The maximum atomic E-state index is 9.17. The molecule has 0 saturated carbocycles. The van der Waals surface area contributed by atoms with Gasteiger partial charge in [-0.05, 0) is 6.92 Å². The fraction of sp³-hybridized carbons (Fsp3) is 0.750. The Morgan fingerprint density at radius 3 is 1.92 bits per heavy atom. The Morgan fingerprint density at radius 1 is 1.25 bits per heavy atom. The Morgan fingerprint density at radius 2 is 1.67 bits per heavy atom. The van der Waals surface area contributed by atoms with E-state index >= 15 is 0 Å². The summed E-state index contributed by atoms with van der Waals surface area (Å²) in [5, 5.41) is 25.8. The smallest absolute Gasteiger partial charge is 0.104 e. The minimum atomic E-state index is -0.577. The summed E-state index contributed by atoms with van der Waals surface area (Å²) >= 11 is 0. The van der Waals surface area contributed by atoms with Gasteiger partial charge in [0.15, 0.2) is 0 Å². The molecule has 0 bridgehead atoms. The first kappa shape index (κ1) is 10.9. The van der Waals surface area contributed by atoms with E-state index in [9.17, 15) is 5.11 Å². The van der Waals surface area contributed by atoms with E-state index in [0.29, 0.717) is 25.9 Å². The fourth-order valence-corrected chi connectivity index (χ4v) is 0.873. The van der Waals surface area contributed by atoms with Gasteiger partial charge in [-0.3, -0.25) is 4.90 Å². The van der Waals surface area contributed by atoms with Gasteiger partial charge in [0, 0.05) is 25.9 Å². The monoisotopic (exact) mass is 167 g/mol. The average Bonchev–Trinajstić information content (AvgIpc) is 2.04. The Balaban J connectivity index is 3.73. The highest BCUT2D eigenvalue weighted by molar-refractivity contribution is 4.76. The van der Waals surface area contributed by atoms with Gasteiger partial charge in [0.2, 0.25) is 0 Å². The molecule has 0 aliphatic carbocycles. The van der Waals surface area contributed by atoms with Gasteiger partial charge in [0.05, 0.1) is 12.1 Å². The van der Waals surface area contributed by atoms with Crippen molar-refractivity contribution in [3.05, 3.63) is 0 Å². The zero-order valence-corrected chi connectivity index (χ0v) is 7.19. The maximum absolute atomic E-state index is 9.17. The molecule has 0 aromatic heterocycles. The molecule has 4 heteroatoms. The van der Waals surface area contributed by atoms with E-state index in [1.165, 1.54) is 0 Å². The van der Waals surface area contributed by atoms with Crippen LogP contribution in [0.1, 0.15) is 19.8 Å². The molecule has 0 rings (SSSR count). The largest absolute Gasteiger partial charge is 0.379 e. The molecule has 1 unspecified atom stereocenters. The number of aliphatic hydroxyl groups is 1. The third-order valence-corrected chi connectivity index (χ3v) is 1.55. The molecule has 1 atom stereocenters. The van der Waals surface area contributed by atoms with E-state index in [4.69, 9.17) is 10.5 Å². The summed E-state index contributed by atoms with van der Waals surface area (Å²) in [5.74, 6) is 0. The predicted molar refractivity (Wildman–Crippen MR) is 43.7 cm³/mol. The molecule has 0 aromatic carbocycles. The lowest BCUT2D eigenvalue weighted by atomic mass is 10.3. The number of rotatable bonds is 5. The van der Waals surface area contributed by atoms with Crippen molar-refractivity contribution in [2.75, 3.05) is 13.1 Å². The Labute approximate surface area is 72.6 Å². The van der Waals surface area contributed by atoms with E-state index in [2.05, 4.69) is 0 Å². The molecule has 0 radical (unpaired) electrons. The predicted octanol–water partition coefficient (Wildman–Crippen LogP) is 0.454. The summed E-state index contributed by atoms with van der Waals surface area (Å²) in [6, 6.07) is 3.99. The van der Waals surface area contributed by atoms with Crippen molar-refractivity contribution in [1.82, 2.24) is 4.90 Å². The minimum absolute atomic E-state index is 0.385. The summed E-state index contributed by atoms with van der Waals surface area (Å²) < 4.78 is 0. The van der Waals surface area contributed by atoms with Crippen LogP contribution in [0, 0.1) is 22.7 Å².